The van der Waals surface area contributed by atoms with E-state index in [0.717, 1.165) is 0 Å². The summed E-state index contributed by atoms with van der Waals surface area (Å²) in [6.45, 7) is 3.41. The second-order valence-electron chi connectivity index (χ2n) is 3.16. The fraction of sp³-hybridized carbons (Fsp3) is 0.556. The molecule has 2 unspecified atom stereocenters. The number of hydrogen-bond donors (Lipinski definition) is 2. The molecule has 2 N–H and O–H groups in total. The summed E-state index contributed by atoms with van der Waals surface area (Å²) < 4.78 is 5.30. The van der Waals surface area contributed by atoms with Gasteiger partial charge in [0, 0.05) is 0 Å². The van der Waals surface area contributed by atoms with Gasteiger partial charge in [0.05, 0.1) is 6.42 Å². The molecule has 0 aromatic carbocycles. The number of rotatable bonds is 1. The summed E-state index contributed by atoms with van der Waals surface area (Å²) >= 11 is 0. The Morgan fingerprint density at radius 1 is 1.71 bits per heavy atom. The number of aliphatic carboxylic acids is 1. The number of hydrogen-bond acceptors (Lipinski definition) is 3. The summed E-state index contributed by atoms with van der Waals surface area (Å²) in [5.41, 5.74) is 0. The van der Waals surface area contributed by atoms with Gasteiger partial charge in [0.1, 0.15) is 11.9 Å². The van der Waals surface area contributed by atoms with E-state index < -0.39 is 12.0 Å². The van der Waals surface area contributed by atoms with Crippen LogP contribution >= 0.6 is 0 Å². The highest BCUT2D eigenvalue weighted by Crippen LogP contribution is 2.14. The lowest BCUT2D eigenvalue weighted by Crippen LogP contribution is -2.40. The molecule has 1 fully saturated rings. The van der Waals surface area contributed by atoms with Gasteiger partial charge < -0.3 is 15.2 Å². The maximum absolute atomic E-state index is 11.2. The first-order valence-electron chi connectivity index (χ1n) is 4.39. The Morgan fingerprint density at radius 2 is 2.36 bits per heavy atom. The van der Waals surface area contributed by atoms with Crippen LogP contribution in [-0.2, 0) is 14.3 Å². The minimum absolute atomic E-state index is 0.182. The molecule has 0 saturated carbocycles. The molecule has 0 aromatic rings. The lowest BCUT2D eigenvalue weighted by molar-refractivity contribution is -0.140. The second kappa shape index (κ2) is 4.13. The highest BCUT2D eigenvalue weighted by Gasteiger charge is 2.30. The van der Waals surface area contributed by atoms with E-state index in [4.69, 9.17) is 9.84 Å². The van der Waals surface area contributed by atoms with Crippen LogP contribution in [0.15, 0.2) is 11.8 Å². The molecule has 1 saturated heterocycles. The molecular weight excluding hydrogens is 186 g/mol. The Morgan fingerprint density at radius 3 is 2.86 bits per heavy atom. The molecule has 14 heavy (non-hydrogen) atoms. The Hall–Kier alpha value is -1.52. The van der Waals surface area contributed by atoms with Gasteiger partial charge in [0.25, 0.3) is 0 Å². The van der Waals surface area contributed by atoms with Gasteiger partial charge in [-0.2, -0.15) is 0 Å². The van der Waals surface area contributed by atoms with Crippen LogP contribution in [0.5, 0.6) is 0 Å². The monoisotopic (exact) mass is 199 g/mol. The van der Waals surface area contributed by atoms with Gasteiger partial charge in [0.15, 0.2) is 6.04 Å². The molecule has 2 atom stereocenters. The molecule has 78 valence electrons. The summed E-state index contributed by atoms with van der Waals surface area (Å²) in [6, 6.07) is -1.06. The SMILES string of the molecule is C/C=C1\OC(C)CC(=O)NC1C(=O)O. The molecule has 1 aliphatic rings. The van der Waals surface area contributed by atoms with Crippen molar-refractivity contribution < 1.29 is 19.4 Å². The van der Waals surface area contributed by atoms with Crippen molar-refractivity contribution in [2.24, 2.45) is 0 Å². The van der Waals surface area contributed by atoms with Gasteiger partial charge >= 0.3 is 5.97 Å². The molecule has 1 amide bonds. The second-order valence-corrected chi connectivity index (χ2v) is 3.16. The van der Waals surface area contributed by atoms with Crippen molar-refractivity contribution in [2.75, 3.05) is 0 Å². The summed E-state index contributed by atoms with van der Waals surface area (Å²) in [5, 5.41) is 11.2. The molecule has 5 nitrogen and oxygen atoms in total. The zero-order valence-corrected chi connectivity index (χ0v) is 8.11. The number of carbonyl (C=O) groups excluding carboxylic acids is 1. The molecule has 0 aliphatic carbocycles. The molecule has 0 aromatic heterocycles. The summed E-state index contributed by atoms with van der Waals surface area (Å²) in [6.07, 6.45) is 1.45. The average Bonchev–Trinajstić information content (AvgIpc) is 2.23. The smallest absolute Gasteiger partial charge is 0.334 e. The predicted molar refractivity (Wildman–Crippen MR) is 48.5 cm³/mol. The first kappa shape index (κ1) is 10.6. The van der Waals surface area contributed by atoms with Crippen molar-refractivity contribution in [2.45, 2.75) is 32.4 Å². The molecule has 0 spiro atoms. The number of nitrogens with one attached hydrogen (secondary N) is 1. The number of ether oxygens (including phenoxy) is 1. The van der Waals surface area contributed by atoms with Crippen molar-refractivity contribution in [3.8, 4) is 0 Å². The van der Waals surface area contributed by atoms with E-state index in [0.29, 0.717) is 0 Å². The van der Waals surface area contributed by atoms with Gasteiger partial charge in [-0.15, -0.1) is 0 Å². The van der Waals surface area contributed by atoms with Crippen molar-refractivity contribution >= 4 is 11.9 Å². The summed E-state index contributed by atoms with van der Waals surface area (Å²) in [4.78, 5) is 22.0. The Balaban J connectivity index is 2.91. The lowest BCUT2D eigenvalue weighted by Gasteiger charge is -2.15. The fourth-order valence-corrected chi connectivity index (χ4v) is 1.31. The van der Waals surface area contributed by atoms with Crippen LogP contribution in [0.25, 0.3) is 0 Å². The number of carboxylic acid groups (broad SMARTS) is 1. The zero-order valence-electron chi connectivity index (χ0n) is 8.11. The molecule has 0 bridgehead atoms. The first-order chi connectivity index (χ1) is 6.54. The number of allylic oxidation sites excluding steroid dienone is 1. The summed E-state index contributed by atoms with van der Waals surface area (Å²) in [7, 11) is 0. The highest BCUT2D eigenvalue weighted by molar-refractivity contribution is 5.86. The van der Waals surface area contributed by atoms with E-state index in [9.17, 15) is 9.59 Å². The van der Waals surface area contributed by atoms with Gasteiger partial charge in [-0.1, -0.05) is 0 Å². The lowest BCUT2D eigenvalue weighted by atomic mass is 10.2. The third-order valence-electron chi connectivity index (χ3n) is 1.93. The molecule has 5 heteroatoms. The van der Waals surface area contributed by atoms with Crippen molar-refractivity contribution in [1.82, 2.24) is 5.32 Å². The maximum atomic E-state index is 11.2. The average molecular weight is 199 g/mol. The maximum Gasteiger partial charge on any atom is 0.334 e. The van der Waals surface area contributed by atoms with Gasteiger partial charge in [-0.25, -0.2) is 4.79 Å². The summed E-state index contributed by atoms with van der Waals surface area (Å²) in [5.74, 6) is -1.13. The van der Waals surface area contributed by atoms with Crippen LogP contribution in [0, 0.1) is 0 Å². The Kier molecular flexibility index (Phi) is 3.11. The first-order valence-corrected chi connectivity index (χ1v) is 4.39. The standard InChI is InChI=1S/C9H13NO4/c1-3-6-8(9(12)13)10-7(11)4-5(2)14-6/h3,5,8H,4H2,1-2H3,(H,10,11)(H,12,13)/b6-3-. The Bertz CT molecular complexity index is 285. The van der Waals surface area contributed by atoms with Crippen LogP contribution < -0.4 is 5.32 Å². The molecule has 1 rings (SSSR count). The fourth-order valence-electron chi connectivity index (χ4n) is 1.31. The van der Waals surface area contributed by atoms with Crippen molar-refractivity contribution in [1.29, 1.82) is 0 Å². The number of carbonyl (C=O) groups is 2. The van der Waals surface area contributed by atoms with E-state index in [1.54, 1.807) is 19.9 Å². The predicted octanol–water partition coefficient (Wildman–Crippen LogP) is 0.268. The van der Waals surface area contributed by atoms with E-state index >= 15 is 0 Å². The topological polar surface area (TPSA) is 75.6 Å². The van der Waals surface area contributed by atoms with Crippen LogP contribution in [0.2, 0.25) is 0 Å². The molecule has 1 heterocycles. The quantitative estimate of drug-likeness (QED) is 0.635. The third kappa shape index (κ3) is 2.25. The normalized spacial score (nSPS) is 30.4. The van der Waals surface area contributed by atoms with Gasteiger partial charge in [-0.3, -0.25) is 4.79 Å². The van der Waals surface area contributed by atoms with Gasteiger partial charge in [-0.05, 0) is 19.9 Å². The van der Waals surface area contributed by atoms with E-state index in [2.05, 4.69) is 5.32 Å². The minimum atomic E-state index is -1.11. The van der Waals surface area contributed by atoms with Crippen LogP contribution in [-0.4, -0.2) is 29.1 Å². The van der Waals surface area contributed by atoms with E-state index in [1.807, 2.05) is 0 Å². The number of amides is 1. The molecule has 0 radical (unpaired) electrons. The highest BCUT2D eigenvalue weighted by atomic mass is 16.5. The molecule has 1 aliphatic heterocycles. The van der Waals surface area contributed by atoms with Crippen LogP contribution in [0.3, 0.4) is 0 Å². The van der Waals surface area contributed by atoms with Crippen LogP contribution in [0.1, 0.15) is 20.3 Å². The largest absolute Gasteiger partial charge is 0.492 e. The third-order valence-corrected chi connectivity index (χ3v) is 1.93. The van der Waals surface area contributed by atoms with Gasteiger partial charge in [0.2, 0.25) is 5.91 Å². The zero-order chi connectivity index (χ0) is 10.7. The minimum Gasteiger partial charge on any atom is -0.492 e. The Labute approximate surface area is 81.7 Å². The van der Waals surface area contributed by atoms with Crippen molar-refractivity contribution in [3.63, 3.8) is 0 Å². The van der Waals surface area contributed by atoms with Crippen molar-refractivity contribution in [3.05, 3.63) is 11.8 Å². The number of carboxylic acids is 1. The van der Waals surface area contributed by atoms with Crippen LogP contribution in [0.4, 0.5) is 0 Å². The van der Waals surface area contributed by atoms with E-state index in [-0.39, 0.29) is 24.2 Å². The van der Waals surface area contributed by atoms with E-state index in [1.165, 1.54) is 0 Å². The molecular formula is C9H13NO4.